The van der Waals surface area contributed by atoms with Crippen molar-refractivity contribution in [3.05, 3.63) is 29.3 Å². The summed E-state index contributed by atoms with van der Waals surface area (Å²) in [6.45, 7) is -0.302. The summed E-state index contributed by atoms with van der Waals surface area (Å²) in [6.07, 6.45) is 0. The van der Waals surface area contributed by atoms with E-state index in [2.05, 4.69) is 4.52 Å². The Kier molecular flexibility index (Phi) is 3.45. The SMILES string of the molecule is N#Cc1ccc(CO)cc1OP(=O)(O)O. The molecule has 0 aliphatic heterocycles. The highest BCUT2D eigenvalue weighted by atomic mass is 31.2. The monoisotopic (exact) mass is 229 g/mol. The van der Waals surface area contributed by atoms with Gasteiger partial charge in [0, 0.05) is 0 Å². The van der Waals surface area contributed by atoms with Crippen molar-refractivity contribution in [2.45, 2.75) is 6.61 Å². The highest BCUT2D eigenvalue weighted by molar-refractivity contribution is 7.46. The van der Waals surface area contributed by atoms with Crippen LogP contribution in [0.1, 0.15) is 11.1 Å². The molecule has 0 bridgehead atoms. The number of aliphatic hydroxyl groups excluding tert-OH is 1. The summed E-state index contributed by atoms with van der Waals surface area (Å²) in [4.78, 5) is 17.1. The van der Waals surface area contributed by atoms with Gasteiger partial charge in [0.25, 0.3) is 0 Å². The molecule has 15 heavy (non-hydrogen) atoms. The van der Waals surface area contributed by atoms with E-state index in [1.54, 1.807) is 6.07 Å². The Hall–Kier alpha value is -1.38. The average Bonchev–Trinajstić information content (AvgIpc) is 2.15. The van der Waals surface area contributed by atoms with Crippen LogP contribution in [0, 0.1) is 11.3 Å². The molecular weight excluding hydrogens is 221 g/mol. The Morgan fingerprint density at radius 2 is 2.13 bits per heavy atom. The Morgan fingerprint density at radius 3 is 2.60 bits per heavy atom. The molecule has 0 aromatic heterocycles. The predicted molar refractivity (Wildman–Crippen MR) is 49.8 cm³/mol. The second-order valence-corrected chi connectivity index (χ2v) is 3.85. The first kappa shape index (κ1) is 11.7. The fourth-order valence-electron chi connectivity index (χ4n) is 0.961. The third kappa shape index (κ3) is 3.35. The van der Waals surface area contributed by atoms with Crippen LogP contribution in [-0.2, 0) is 11.2 Å². The highest BCUT2D eigenvalue weighted by Crippen LogP contribution is 2.39. The van der Waals surface area contributed by atoms with E-state index in [-0.39, 0.29) is 17.9 Å². The van der Waals surface area contributed by atoms with E-state index in [0.717, 1.165) is 0 Å². The normalized spacial score (nSPS) is 10.8. The first-order valence-corrected chi connectivity index (χ1v) is 5.38. The second-order valence-electron chi connectivity index (χ2n) is 2.68. The summed E-state index contributed by atoms with van der Waals surface area (Å²) in [7, 11) is -4.69. The number of nitrogens with zero attached hydrogens (tertiary/aromatic N) is 1. The molecule has 6 nitrogen and oxygen atoms in total. The maximum Gasteiger partial charge on any atom is 0.524 e. The van der Waals surface area contributed by atoms with Gasteiger partial charge in [0.2, 0.25) is 0 Å². The lowest BCUT2D eigenvalue weighted by atomic mass is 10.1. The lowest BCUT2D eigenvalue weighted by molar-refractivity contribution is 0.275. The molecule has 80 valence electrons. The van der Waals surface area contributed by atoms with Crippen molar-refractivity contribution in [2.75, 3.05) is 0 Å². The molecule has 0 radical (unpaired) electrons. The van der Waals surface area contributed by atoms with Crippen molar-refractivity contribution in [3.8, 4) is 11.8 Å². The molecule has 0 atom stereocenters. The lowest BCUT2D eigenvalue weighted by Gasteiger charge is -2.09. The second kappa shape index (κ2) is 4.43. The van der Waals surface area contributed by atoms with Gasteiger partial charge < -0.3 is 9.63 Å². The van der Waals surface area contributed by atoms with Crippen LogP contribution in [0.2, 0.25) is 0 Å². The molecule has 1 rings (SSSR count). The molecule has 1 aromatic rings. The Balaban J connectivity index is 3.14. The molecular formula is C8H8NO5P. The molecule has 7 heteroatoms. The van der Waals surface area contributed by atoms with E-state index in [1.807, 2.05) is 0 Å². The summed E-state index contributed by atoms with van der Waals surface area (Å²) < 4.78 is 14.9. The first-order valence-electron chi connectivity index (χ1n) is 3.85. The van der Waals surface area contributed by atoms with Crippen LogP contribution in [0.25, 0.3) is 0 Å². The van der Waals surface area contributed by atoms with Crippen molar-refractivity contribution < 1.29 is 24.0 Å². The van der Waals surface area contributed by atoms with Gasteiger partial charge in [-0.3, -0.25) is 9.79 Å². The van der Waals surface area contributed by atoms with Crippen molar-refractivity contribution in [3.63, 3.8) is 0 Å². The minimum absolute atomic E-state index is 0.00414. The zero-order valence-corrected chi connectivity index (χ0v) is 8.39. The third-order valence-corrected chi connectivity index (χ3v) is 2.00. The first-order chi connectivity index (χ1) is 6.96. The number of hydrogen-bond acceptors (Lipinski definition) is 4. The zero-order chi connectivity index (χ0) is 11.5. The van der Waals surface area contributed by atoms with Gasteiger partial charge in [-0.1, -0.05) is 6.07 Å². The number of hydrogen-bond donors (Lipinski definition) is 3. The topological polar surface area (TPSA) is 111 Å². The summed E-state index contributed by atoms with van der Waals surface area (Å²) in [6, 6.07) is 5.70. The number of benzene rings is 1. The van der Waals surface area contributed by atoms with Crippen LogP contribution < -0.4 is 4.52 Å². The van der Waals surface area contributed by atoms with Gasteiger partial charge >= 0.3 is 7.82 Å². The van der Waals surface area contributed by atoms with Crippen LogP contribution >= 0.6 is 7.82 Å². The summed E-state index contributed by atoms with van der Waals surface area (Å²) in [5, 5.41) is 17.4. The smallest absolute Gasteiger partial charge is 0.403 e. The Labute approximate surface area is 85.6 Å². The van der Waals surface area contributed by atoms with E-state index in [9.17, 15) is 4.57 Å². The van der Waals surface area contributed by atoms with Gasteiger partial charge in [0.1, 0.15) is 11.8 Å². The summed E-state index contributed by atoms with van der Waals surface area (Å²) in [5.74, 6) is -0.239. The zero-order valence-electron chi connectivity index (χ0n) is 7.49. The molecule has 0 heterocycles. The van der Waals surface area contributed by atoms with E-state index < -0.39 is 7.82 Å². The van der Waals surface area contributed by atoms with Gasteiger partial charge in [0.05, 0.1) is 12.2 Å². The third-order valence-electron chi connectivity index (χ3n) is 1.57. The average molecular weight is 229 g/mol. The summed E-state index contributed by atoms with van der Waals surface area (Å²) in [5.41, 5.74) is 0.396. The van der Waals surface area contributed by atoms with Crippen molar-refractivity contribution in [2.24, 2.45) is 0 Å². The summed E-state index contributed by atoms with van der Waals surface area (Å²) >= 11 is 0. The quantitative estimate of drug-likeness (QED) is 0.651. The highest BCUT2D eigenvalue weighted by Gasteiger charge is 2.18. The molecule has 0 unspecified atom stereocenters. The molecule has 0 saturated carbocycles. The molecule has 0 aliphatic carbocycles. The van der Waals surface area contributed by atoms with Gasteiger partial charge in [-0.15, -0.1) is 0 Å². The van der Waals surface area contributed by atoms with E-state index in [1.165, 1.54) is 18.2 Å². The lowest BCUT2D eigenvalue weighted by Crippen LogP contribution is -1.94. The van der Waals surface area contributed by atoms with Crippen LogP contribution in [0.5, 0.6) is 5.75 Å². The molecule has 3 N–H and O–H groups in total. The Bertz CT molecular complexity index is 447. The van der Waals surface area contributed by atoms with Crippen LogP contribution in [0.3, 0.4) is 0 Å². The predicted octanol–water partition coefficient (Wildman–Crippen LogP) is 0.522. The van der Waals surface area contributed by atoms with Crippen LogP contribution in [0.4, 0.5) is 0 Å². The minimum Gasteiger partial charge on any atom is -0.403 e. The number of phosphoric ester groups is 1. The standard InChI is InChI=1S/C8H8NO5P/c9-4-7-2-1-6(5-10)3-8(7)14-15(11,12)13/h1-3,10H,5H2,(H2,11,12,13). The van der Waals surface area contributed by atoms with Gasteiger partial charge in [0.15, 0.2) is 0 Å². The van der Waals surface area contributed by atoms with E-state index >= 15 is 0 Å². The molecule has 0 amide bonds. The van der Waals surface area contributed by atoms with Gasteiger partial charge in [-0.25, -0.2) is 4.57 Å². The fourth-order valence-corrected chi connectivity index (χ4v) is 1.37. The molecule has 0 saturated heterocycles. The molecule has 0 aliphatic rings. The van der Waals surface area contributed by atoms with Crippen molar-refractivity contribution in [1.29, 1.82) is 5.26 Å². The molecule has 1 aromatic carbocycles. The van der Waals surface area contributed by atoms with E-state index in [0.29, 0.717) is 5.56 Å². The van der Waals surface area contributed by atoms with E-state index in [4.69, 9.17) is 20.2 Å². The largest absolute Gasteiger partial charge is 0.524 e. The molecule has 0 fully saturated rings. The fraction of sp³-hybridized carbons (Fsp3) is 0.125. The number of phosphoric acid groups is 1. The van der Waals surface area contributed by atoms with Crippen molar-refractivity contribution in [1.82, 2.24) is 0 Å². The number of aliphatic hydroxyl groups is 1. The maximum absolute atomic E-state index is 10.6. The minimum atomic E-state index is -4.69. The van der Waals surface area contributed by atoms with Crippen LogP contribution in [-0.4, -0.2) is 14.9 Å². The molecule has 0 spiro atoms. The maximum atomic E-state index is 10.6. The van der Waals surface area contributed by atoms with Gasteiger partial charge in [-0.2, -0.15) is 5.26 Å². The van der Waals surface area contributed by atoms with Crippen LogP contribution in [0.15, 0.2) is 18.2 Å². The Morgan fingerprint density at radius 1 is 1.47 bits per heavy atom. The van der Waals surface area contributed by atoms with Crippen molar-refractivity contribution >= 4 is 7.82 Å². The number of rotatable bonds is 3. The van der Waals surface area contributed by atoms with Gasteiger partial charge in [-0.05, 0) is 17.7 Å². The number of nitriles is 1.